The summed E-state index contributed by atoms with van der Waals surface area (Å²) in [4.78, 5) is 0. The molecule has 111 valence electrons. The lowest BCUT2D eigenvalue weighted by molar-refractivity contribution is 0.219. The minimum absolute atomic E-state index is 0.336. The van der Waals surface area contributed by atoms with Crippen molar-refractivity contribution in [1.29, 1.82) is 0 Å². The van der Waals surface area contributed by atoms with E-state index in [1.165, 1.54) is 84.7 Å². The van der Waals surface area contributed by atoms with Gasteiger partial charge in [0.15, 0.2) is 0 Å². The molecule has 2 nitrogen and oxygen atoms in total. The fraction of sp³-hybridized carbons (Fsp3) is 1.00. The maximum Gasteiger partial charge on any atom is 0.488 e. The first-order valence-corrected chi connectivity index (χ1v) is 8.52. The third-order valence-electron chi connectivity index (χ3n) is 3.98. The van der Waals surface area contributed by atoms with E-state index >= 15 is 0 Å². The molecular weight excluding hydrogens is 235 g/mol. The Kier molecular flexibility index (Phi) is 11.6. The Morgan fingerprint density at radius 3 is 1.79 bits per heavy atom. The molecule has 1 aliphatic heterocycles. The van der Waals surface area contributed by atoms with Gasteiger partial charge in [0.25, 0.3) is 0 Å². The van der Waals surface area contributed by atoms with Crippen LogP contribution in [-0.4, -0.2) is 20.4 Å². The molecule has 19 heavy (non-hydrogen) atoms. The largest absolute Gasteiger partial charge is 0.488 e. The maximum atomic E-state index is 5.31. The highest BCUT2D eigenvalue weighted by atomic mass is 16.6. The highest BCUT2D eigenvalue weighted by Crippen LogP contribution is 2.14. The first kappa shape index (κ1) is 17.0. The van der Waals surface area contributed by atoms with E-state index in [4.69, 9.17) is 9.31 Å². The fourth-order valence-corrected chi connectivity index (χ4v) is 2.67. The molecule has 0 saturated carbocycles. The number of hydrogen-bond donors (Lipinski definition) is 0. The lowest BCUT2D eigenvalue weighted by Gasteiger charge is -2.07. The lowest BCUT2D eigenvalue weighted by Crippen LogP contribution is -2.08. The Morgan fingerprint density at radius 2 is 1.32 bits per heavy atom. The van der Waals surface area contributed by atoms with Crippen LogP contribution >= 0.6 is 0 Å². The van der Waals surface area contributed by atoms with Gasteiger partial charge < -0.3 is 9.31 Å². The molecule has 1 rings (SSSR count). The fourth-order valence-electron chi connectivity index (χ4n) is 2.67. The molecule has 1 aliphatic rings. The van der Waals surface area contributed by atoms with Crippen LogP contribution in [0.2, 0.25) is 0 Å². The average molecular weight is 267 g/mol. The summed E-state index contributed by atoms with van der Waals surface area (Å²) in [7, 11) is 1.49. The molecule has 1 heterocycles. The molecule has 0 aromatic carbocycles. The van der Waals surface area contributed by atoms with Crippen molar-refractivity contribution in [3.05, 3.63) is 0 Å². The normalized spacial score (nSPS) is 18.7. The van der Waals surface area contributed by atoms with Crippen LogP contribution in [0, 0.1) is 0 Å². The third kappa shape index (κ3) is 10.4. The lowest BCUT2D eigenvalue weighted by atomic mass is 10.0. The van der Waals surface area contributed by atoms with Crippen molar-refractivity contribution in [3.63, 3.8) is 0 Å². The Bertz CT molecular complexity index is 182. The Morgan fingerprint density at radius 1 is 0.789 bits per heavy atom. The Labute approximate surface area is 120 Å². The second-order valence-corrected chi connectivity index (χ2v) is 5.87. The van der Waals surface area contributed by atoms with Crippen LogP contribution in [-0.2, 0) is 9.31 Å². The predicted molar refractivity (Wildman–Crippen MR) is 82.3 cm³/mol. The van der Waals surface area contributed by atoms with Crippen LogP contribution in [0.4, 0.5) is 0 Å². The summed E-state index contributed by atoms with van der Waals surface area (Å²) in [5.74, 6) is 0. The molecule has 1 radical (unpaired) electrons. The quantitative estimate of drug-likeness (QED) is 0.344. The summed E-state index contributed by atoms with van der Waals surface area (Å²) in [6.07, 6.45) is 18.4. The second kappa shape index (κ2) is 13.0. The average Bonchev–Trinajstić information content (AvgIpc) is 2.93. The predicted octanol–water partition coefficient (Wildman–Crippen LogP) is 5.03. The Balaban J connectivity index is 1.67. The number of unbranched alkanes of at least 4 members (excludes halogenated alkanes) is 11. The van der Waals surface area contributed by atoms with Crippen molar-refractivity contribution in [2.45, 2.75) is 96.5 Å². The highest BCUT2D eigenvalue weighted by molar-refractivity contribution is 6.18. The standard InChI is InChI=1S/C16H32BO2/c1-2-3-4-5-6-7-8-9-10-11-12-13-14-16-15-18-17-19-16/h16H,2-15H2,1H3. The molecule has 1 atom stereocenters. The van der Waals surface area contributed by atoms with E-state index in [9.17, 15) is 0 Å². The zero-order chi connectivity index (χ0) is 13.6. The van der Waals surface area contributed by atoms with Crippen LogP contribution < -0.4 is 0 Å². The van der Waals surface area contributed by atoms with Crippen molar-refractivity contribution < 1.29 is 9.31 Å². The first-order chi connectivity index (χ1) is 9.43. The highest BCUT2D eigenvalue weighted by Gasteiger charge is 2.16. The van der Waals surface area contributed by atoms with Gasteiger partial charge in [-0.25, -0.2) is 0 Å². The van der Waals surface area contributed by atoms with Crippen molar-refractivity contribution in [2.75, 3.05) is 6.61 Å². The van der Waals surface area contributed by atoms with Crippen molar-refractivity contribution in [1.82, 2.24) is 0 Å². The van der Waals surface area contributed by atoms with Crippen molar-refractivity contribution >= 4 is 7.69 Å². The van der Waals surface area contributed by atoms with Gasteiger partial charge in [-0.1, -0.05) is 84.0 Å². The van der Waals surface area contributed by atoms with Gasteiger partial charge in [-0.15, -0.1) is 0 Å². The van der Waals surface area contributed by atoms with Gasteiger partial charge in [-0.2, -0.15) is 0 Å². The minimum Gasteiger partial charge on any atom is -0.411 e. The molecule has 1 fully saturated rings. The number of rotatable bonds is 13. The summed E-state index contributed by atoms with van der Waals surface area (Å²) in [6, 6.07) is 0. The Hall–Kier alpha value is -0.0151. The monoisotopic (exact) mass is 267 g/mol. The van der Waals surface area contributed by atoms with E-state index in [1.54, 1.807) is 0 Å². The van der Waals surface area contributed by atoms with Gasteiger partial charge in [0.2, 0.25) is 0 Å². The van der Waals surface area contributed by atoms with Gasteiger partial charge in [0.05, 0.1) is 12.7 Å². The maximum absolute atomic E-state index is 5.31. The van der Waals surface area contributed by atoms with E-state index in [1.807, 2.05) is 0 Å². The van der Waals surface area contributed by atoms with E-state index in [2.05, 4.69) is 6.92 Å². The molecule has 1 unspecified atom stereocenters. The van der Waals surface area contributed by atoms with Crippen molar-refractivity contribution in [3.8, 4) is 0 Å². The van der Waals surface area contributed by atoms with Crippen LogP contribution in [0.25, 0.3) is 0 Å². The third-order valence-corrected chi connectivity index (χ3v) is 3.98. The van der Waals surface area contributed by atoms with Crippen molar-refractivity contribution in [2.24, 2.45) is 0 Å². The molecule has 0 N–H and O–H groups in total. The van der Waals surface area contributed by atoms with Gasteiger partial charge in [0, 0.05) is 0 Å². The summed E-state index contributed by atoms with van der Waals surface area (Å²) in [5, 5.41) is 0. The van der Waals surface area contributed by atoms with Crippen LogP contribution in [0.1, 0.15) is 90.4 Å². The molecule has 0 aromatic heterocycles. The topological polar surface area (TPSA) is 18.5 Å². The van der Waals surface area contributed by atoms with E-state index < -0.39 is 0 Å². The molecule has 0 amide bonds. The molecule has 0 aliphatic carbocycles. The zero-order valence-electron chi connectivity index (χ0n) is 12.9. The van der Waals surface area contributed by atoms with E-state index in [0.29, 0.717) is 6.10 Å². The number of hydrogen-bond acceptors (Lipinski definition) is 2. The molecule has 3 heteroatoms. The van der Waals surface area contributed by atoms with E-state index in [-0.39, 0.29) is 0 Å². The van der Waals surface area contributed by atoms with Crippen LogP contribution in [0.15, 0.2) is 0 Å². The summed E-state index contributed by atoms with van der Waals surface area (Å²) in [6.45, 7) is 3.04. The van der Waals surface area contributed by atoms with E-state index in [0.717, 1.165) is 13.0 Å². The molecule has 1 saturated heterocycles. The minimum atomic E-state index is 0.336. The van der Waals surface area contributed by atoms with Gasteiger partial charge in [-0.3, -0.25) is 0 Å². The molecule has 0 aromatic rings. The summed E-state index contributed by atoms with van der Waals surface area (Å²) < 4.78 is 10.4. The molecule has 0 bridgehead atoms. The van der Waals surface area contributed by atoms with Gasteiger partial charge in [-0.05, 0) is 6.42 Å². The first-order valence-electron chi connectivity index (χ1n) is 8.52. The van der Waals surface area contributed by atoms with Gasteiger partial charge in [0.1, 0.15) is 0 Å². The molecular formula is C16H32BO2. The summed E-state index contributed by atoms with van der Waals surface area (Å²) in [5.41, 5.74) is 0. The second-order valence-electron chi connectivity index (χ2n) is 5.87. The SMILES string of the molecule is CCCCCCCCCCCCCCC1CO[B]O1. The summed E-state index contributed by atoms with van der Waals surface area (Å²) >= 11 is 0. The zero-order valence-corrected chi connectivity index (χ0v) is 12.9. The molecule has 0 spiro atoms. The van der Waals surface area contributed by atoms with Crippen LogP contribution in [0.3, 0.4) is 0 Å². The smallest absolute Gasteiger partial charge is 0.411 e. The van der Waals surface area contributed by atoms with Gasteiger partial charge >= 0.3 is 7.69 Å². The van der Waals surface area contributed by atoms with Crippen LogP contribution in [0.5, 0.6) is 0 Å².